The molecule has 1 unspecified atom stereocenters. The quantitative estimate of drug-likeness (QED) is 0.838. The van der Waals surface area contributed by atoms with E-state index in [1.807, 2.05) is 12.1 Å². The zero-order valence-corrected chi connectivity index (χ0v) is 13.2. The highest BCUT2D eigenvalue weighted by atomic mass is 16.2. The molecule has 1 aliphatic rings. The molecule has 0 amide bonds. The van der Waals surface area contributed by atoms with Crippen LogP contribution in [0.15, 0.2) is 24.3 Å². The Hall–Kier alpha value is -1.34. The van der Waals surface area contributed by atoms with Crippen molar-refractivity contribution in [2.75, 3.05) is 33.3 Å². The first-order valence-electron chi connectivity index (χ1n) is 7.84. The largest absolute Gasteiger partial charge is 0.384 e. The Bertz CT molecular complexity index is 503. The molecule has 1 heterocycles. The second-order valence-corrected chi connectivity index (χ2v) is 5.78. The fraction of sp³-hybridized carbons (Fsp3) is 0.556. The van der Waals surface area contributed by atoms with Crippen LogP contribution >= 0.6 is 0 Å². The topological polar surface area (TPSA) is 26.7 Å². The maximum atomic E-state index is 8.76. The fourth-order valence-electron chi connectivity index (χ4n) is 3.14. The minimum atomic E-state index is -0.0847. The number of hydrogen-bond donors (Lipinski definition) is 1. The first kappa shape index (κ1) is 16.0. The van der Waals surface area contributed by atoms with E-state index < -0.39 is 0 Å². The van der Waals surface area contributed by atoms with Gasteiger partial charge in [-0.25, -0.2) is 0 Å². The van der Waals surface area contributed by atoms with Gasteiger partial charge < -0.3 is 10.0 Å². The molecular formula is C18H26N2O. The summed E-state index contributed by atoms with van der Waals surface area (Å²) in [7, 11) is 2.19. The van der Waals surface area contributed by atoms with Crippen molar-refractivity contribution < 1.29 is 5.11 Å². The van der Waals surface area contributed by atoms with E-state index in [0.717, 1.165) is 25.2 Å². The summed E-state index contributed by atoms with van der Waals surface area (Å²) >= 11 is 0. The molecule has 0 saturated carbocycles. The van der Waals surface area contributed by atoms with Crippen LogP contribution in [0.1, 0.15) is 30.9 Å². The third-order valence-corrected chi connectivity index (χ3v) is 4.12. The van der Waals surface area contributed by atoms with Crippen molar-refractivity contribution in [2.45, 2.75) is 32.4 Å². The van der Waals surface area contributed by atoms with Crippen LogP contribution in [0.3, 0.4) is 0 Å². The molecule has 0 spiro atoms. The van der Waals surface area contributed by atoms with E-state index >= 15 is 0 Å². The molecule has 21 heavy (non-hydrogen) atoms. The van der Waals surface area contributed by atoms with Crippen LogP contribution < -0.4 is 0 Å². The summed E-state index contributed by atoms with van der Waals surface area (Å²) in [4.78, 5) is 4.98. The summed E-state index contributed by atoms with van der Waals surface area (Å²) < 4.78 is 0. The molecule has 1 saturated heterocycles. The number of aliphatic hydroxyl groups is 1. The summed E-state index contributed by atoms with van der Waals surface area (Å²) in [5.41, 5.74) is 2.26. The fourth-order valence-corrected chi connectivity index (χ4v) is 3.14. The number of benzene rings is 1. The van der Waals surface area contributed by atoms with Gasteiger partial charge >= 0.3 is 0 Å². The predicted molar refractivity (Wildman–Crippen MR) is 87.0 cm³/mol. The lowest BCUT2D eigenvalue weighted by Gasteiger charge is -2.27. The first-order chi connectivity index (χ1) is 10.2. The van der Waals surface area contributed by atoms with Crippen LogP contribution in [0.2, 0.25) is 0 Å². The zero-order chi connectivity index (χ0) is 15.1. The third-order valence-electron chi connectivity index (χ3n) is 4.12. The van der Waals surface area contributed by atoms with Gasteiger partial charge in [-0.2, -0.15) is 0 Å². The molecular weight excluding hydrogens is 260 g/mol. The van der Waals surface area contributed by atoms with Crippen LogP contribution in [0.4, 0.5) is 0 Å². The monoisotopic (exact) mass is 286 g/mol. The lowest BCUT2D eigenvalue weighted by atomic mass is 10.1. The lowest BCUT2D eigenvalue weighted by Crippen LogP contribution is -2.38. The maximum absolute atomic E-state index is 8.76. The molecule has 1 aliphatic heterocycles. The number of hydrogen-bond acceptors (Lipinski definition) is 3. The Kier molecular flexibility index (Phi) is 6.25. The standard InChI is InChI=1S/C18H26N2O/c1-3-20-11-5-10-18(20)15-19(2)14-17-8-4-7-16(13-17)9-6-12-21/h4,7-8,13,18,21H,3,5,10-12,14-15H2,1-2H3. The molecule has 1 aromatic rings. The summed E-state index contributed by atoms with van der Waals surface area (Å²) in [6.45, 7) is 6.65. The van der Waals surface area contributed by atoms with Gasteiger partial charge in [0, 0.05) is 24.7 Å². The van der Waals surface area contributed by atoms with Crippen LogP contribution in [0.25, 0.3) is 0 Å². The molecule has 0 aromatic heterocycles. The van der Waals surface area contributed by atoms with Gasteiger partial charge in [-0.1, -0.05) is 30.9 Å². The van der Waals surface area contributed by atoms with E-state index in [4.69, 9.17) is 5.11 Å². The van der Waals surface area contributed by atoms with E-state index in [1.54, 1.807) is 0 Å². The molecule has 0 aliphatic carbocycles. The molecule has 1 fully saturated rings. The van der Waals surface area contributed by atoms with Crippen LogP contribution in [0.5, 0.6) is 0 Å². The van der Waals surface area contributed by atoms with Crippen molar-refractivity contribution in [3.8, 4) is 11.8 Å². The van der Waals surface area contributed by atoms with E-state index in [-0.39, 0.29) is 6.61 Å². The Morgan fingerprint density at radius 1 is 1.43 bits per heavy atom. The van der Waals surface area contributed by atoms with Crippen LogP contribution in [-0.2, 0) is 6.54 Å². The van der Waals surface area contributed by atoms with Gasteiger partial charge in [0.25, 0.3) is 0 Å². The predicted octanol–water partition coefficient (Wildman–Crippen LogP) is 1.95. The molecule has 2 rings (SSSR count). The summed E-state index contributed by atoms with van der Waals surface area (Å²) in [6.07, 6.45) is 2.65. The summed E-state index contributed by atoms with van der Waals surface area (Å²) in [5.74, 6) is 5.67. The Morgan fingerprint density at radius 2 is 2.29 bits per heavy atom. The molecule has 3 heteroatoms. The van der Waals surface area contributed by atoms with Crippen molar-refractivity contribution in [2.24, 2.45) is 0 Å². The minimum absolute atomic E-state index is 0.0847. The average Bonchev–Trinajstić information content (AvgIpc) is 2.92. The van der Waals surface area contributed by atoms with E-state index in [9.17, 15) is 0 Å². The number of nitrogens with zero attached hydrogens (tertiary/aromatic N) is 2. The zero-order valence-electron chi connectivity index (χ0n) is 13.2. The van der Waals surface area contributed by atoms with E-state index in [0.29, 0.717) is 6.04 Å². The molecule has 1 atom stereocenters. The molecule has 0 radical (unpaired) electrons. The van der Waals surface area contributed by atoms with Crippen LogP contribution in [-0.4, -0.2) is 54.2 Å². The highest BCUT2D eigenvalue weighted by Gasteiger charge is 2.23. The van der Waals surface area contributed by atoms with Crippen molar-refractivity contribution in [1.82, 2.24) is 9.80 Å². The highest BCUT2D eigenvalue weighted by molar-refractivity contribution is 5.37. The summed E-state index contributed by atoms with van der Waals surface area (Å²) in [6, 6.07) is 9.00. The molecule has 1 N–H and O–H groups in total. The SMILES string of the molecule is CCN1CCCC1CN(C)Cc1cccc(C#CCO)c1. The van der Waals surface area contributed by atoms with Gasteiger partial charge in [0.05, 0.1) is 0 Å². The highest BCUT2D eigenvalue weighted by Crippen LogP contribution is 2.18. The van der Waals surface area contributed by atoms with Gasteiger partial charge in [0.1, 0.15) is 6.61 Å². The van der Waals surface area contributed by atoms with Gasteiger partial charge in [0.2, 0.25) is 0 Å². The Labute approximate surface area is 128 Å². The van der Waals surface area contributed by atoms with Crippen molar-refractivity contribution in [3.05, 3.63) is 35.4 Å². The Balaban J connectivity index is 1.91. The number of rotatable bonds is 5. The van der Waals surface area contributed by atoms with Gasteiger partial charge in [0.15, 0.2) is 0 Å². The van der Waals surface area contributed by atoms with E-state index in [1.165, 1.54) is 24.9 Å². The Morgan fingerprint density at radius 3 is 3.05 bits per heavy atom. The minimum Gasteiger partial charge on any atom is -0.384 e. The smallest absolute Gasteiger partial charge is 0.104 e. The van der Waals surface area contributed by atoms with Crippen molar-refractivity contribution in [1.29, 1.82) is 0 Å². The summed E-state index contributed by atoms with van der Waals surface area (Å²) in [5, 5.41) is 8.76. The molecule has 3 nitrogen and oxygen atoms in total. The number of aliphatic hydroxyl groups excluding tert-OH is 1. The van der Waals surface area contributed by atoms with Crippen molar-refractivity contribution >= 4 is 0 Å². The first-order valence-corrected chi connectivity index (χ1v) is 7.84. The van der Waals surface area contributed by atoms with Gasteiger partial charge in [-0.05, 0) is 50.7 Å². The molecule has 114 valence electrons. The van der Waals surface area contributed by atoms with E-state index in [2.05, 4.69) is 47.7 Å². The third kappa shape index (κ3) is 4.86. The van der Waals surface area contributed by atoms with Crippen molar-refractivity contribution in [3.63, 3.8) is 0 Å². The maximum Gasteiger partial charge on any atom is 0.104 e. The van der Waals surface area contributed by atoms with Gasteiger partial charge in [-0.15, -0.1) is 0 Å². The lowest BCUT2D eigenvalue weighted by molar-refractivity contribution is 0.195. The van der Waals surface area contributed by atoms with Crippen LogP contribution in [0, 0.1) is 11.8 Å². The average molecular weight is 286 g/mol. The number of likely N-dealkylation sites (N-methyl/N-ethyl adjacent to an activating group) is 2. The second-order valence-electron chi connectivity index (χ2n) is 5.78. The second kappa shape index (κ2) is 8.19. The number of likely N-dealkylation sites (tertiary alicyclic amines) is 1. The van der Waals surface area contributed by atoms with Gasteiger partial charge in [-0.3, -0.25) is 4.90 Å². The molecule has 1 aromatic carbocycles. The normalized spacial score (nSPS) is 18.8. The molecule has 0 bridgehead atoms.